The van der Waals surface area contributed by atoms with Gasteiger partial charge in [0.1, 0.15) is 0 Å². The maximum Gasteiger partial charge on any atom is -0.00201 e. The topological polar surface area (TPSA) is 12.0 Å². The fourth-order valence-corrected chi connectivity index (χ4v) is 1.46. The Hall–Kier alpha value is -0.820. The largest absolute Gasteiger partial charge is 0.317 e. The second kappa shape index (κ2) is 3.72. The smallest absolute Gasteiger partial charge is 0.00201 e. The van der Waals surface area contributed by atoms with Crippen LogP contribution in [0.1, 0.15) is 24.0 Å². The third-order valence-corrected chi connectivity index (χ3v) is 2.33. The second-order valence-electron chi connectivity index (χ2n) is 3.40. The van der Waals surface area contributed by atoms with E-state index in [1.54, 1.807) is 0 Å². The van der Waals surface area contributed by atoms with Crippen LogP contribution >= 0.6 is 0 Å². The molecule has 1 heteroatoms. The maximum atomic E-state index is 3.22. The predicted molar refractivity (Wildman–Crippen MR) is 51.4 cm³/mol. The summed E-state index contributed by atoms with van der Waals surface area (Å²) >= 11 is 0. The van der Waals surface area contributed by atoms with Gasteiger partial charge < -0.3 is 5.32 Å². The summed E-state index contributed by atoms with van der Waals surface area (Å²) in [6.45, 7) is 2.50. The lowest BCUT2D eigenvalue weighted by atomic mass is 10.4. The molecule has 12 heavy (non-hydrogen) atoms. The highest BCUT2D eigenvalue weighted by Crippen LogP contribution is 2.25. The molecule has 0 atom stereocenters. The number of hydrogen-bond acceptors (Lipinski definition) is 1. The number of nitrogens with one attached hydrogen (secondary N) is 1. The van der Waals surface area contributed by atoms with Crippen molar-refractivity contribution in [2.45, 2.75) is 19.3 Å². The molecule has 0 amide bonds. The first-order valence-corrected chi connectivity index (χ1v) is 4.74. The number of rotatable bonds is 0. The lowest BCUT2D eigenvalue weighted by molar-refractivity contribution is 0.857. The molecule has 64 valence electrons. The van der Waals surface area contributed by atoms with Gasteiger partial charge in [0.15, 0.2) is 0 Å². The normalized spacial score (nSPS) is 17.7. The fraction of sp³-hybridized carbons (Fsp3) is 0.455. The van der Waals surface area contributed by atoms with E-state index < -0.39 is 0 Å². The highest BCUT2D eigenvalue weighted by molar-refractivity contribution is 5.44. The van der Waals surface area contributed by atoms with Crippen LogP contribution in [0.15, 0.2) is 24.3 Å². The summed E-state index contributed by atoms with van der Waals surface area (Å²) < 4.78 is 0. The molecule has 1 nitrogen and oxygen atoms in total. The minimum Gasteiger partial charge on any atom is -0.317 e. The third-order valence-electron chi connectivity index (χ3n) is 2.33. The van der Waals surface area contributed by atoms with E-state index in [0.717, 1.165) is 0 Å². The first-order chi connectivity index (χ1) is 5.97. The Balaban J connectivity index is 0.000000100. The Morgan fingerprint density at radius 2 is 1.50 bits per heavy atom. The lowest BCUT2D eigenvalue weighted by Crippen LogP contribution is -2.03. The van der Waals surface area contributed by atoms with Gasteiger partial charge in [0.05, 0.1) is 0 Å². The molecular formula is C11H15N. The lowest BCUT2D eigenvalue weighted by Gasteiger charge is -1.76. The molecule has 1 aliphatic heterocycles. The molecule has 0 radical (unpaired) electrons. The summed E-state index contributed by atoms with van der Waals surface area (Å²) in [5.74, 6) is 0. The second-order valence-corrected chi connectivity index (χ2v) is 3.40. The number of fused-ring (bicyclic) bond motifs is 1. The van der Waals surface area contributed by atoms with Gasteiger partial charge in [0, 0.05) is 0 Å². The van der Waals surface area contributed by atoms with Crippen LogP contribution in [-0.4, -0.2) is 13.1 Å². The van der Waals surface area contributed by atoms with Gasteiger partial charge in [0.2, 0.25) is 0 Å². The molecule has 1 aliphatic carbocycles. The molecule has 1 fully saturated rings. The summed E-state index contributed by atoms with van der Waals surface area (Å²) in [5.41, 5.74) is 3.06. The fourth-order valence-electron chi connectivity index (χ4n) is 1.46. The average molecular weight is 161 g/mol. The van der Waals surface area contributed by atoms with Gasteiger partial charge in [-0.2, -0.15) is 0 Å². The minimum atomic E-state index is 1.24. The van der Waals surface area contributed by atoms with Crippen LogP contribution in [0.5, 0.6) is 0 Å². The minimum absolute atomic E-state index is 1.24. The molecule has 1 aromatic rings. The molecule has 0 bridgehead atoms. The third kappa shape index (κ3) is 2.08. The van der Waals surface area contributed by atoms with Crippen LogP contribution in [0.25, 0.3) is 0 Å². The van der Waals surface area contributed by atoms with Crippen molar-refractivity contribution >= 4 is 0 Å². The predicted octanol–water partition coefficient (Wildman–Crippen LogP) is 1.96. The van der Waals surface area contributed by atoms with E-state index >= 15 is 0 Å². The van der Waals surface area contributed by atoms with Gasteiger partial charge in [-0.15, -0.1) is 0 Å². The zero-order valence-corrected chi connectivity index (χ0v) is 7.34. The SMILES string of the molecule is C1CCNC1.c1ccc2c(c1)C2. The summed E-state index contributed by atoms with van der Waals surface area (Å²) in [4.78, 5) is 0. The maximum absolute atomic E-state index is 3.22. The Bertz CT molecular complexity index is 222. The highest BCUT2D eigenvalue weighted by atomic mass is 14.9. The standard InChI is InChI=1S/C7H6.C4H9N/c1-2-4-7-5-6(7)3-1;1-2-4-5-3-1/h1-4H,5H2;5H,1-4H2. The van der Waals surface area contributed by atoms with Crippen molar-refractivity contribution in [1.82, 2.24) is 5.32 Å². The zero-order chi connectivity index (χ0) is 8.23. The molecule has 2 aliphatic rings. The van der Waals surface area contributed by atoms with Crippen molar-refractivity contribution in [3.63, 3.8) is 0 Å². The van der Waals surface area contributed by atoms with Crippen LogP contribution in [0.3, 0.4) is 0 Å². The van der Waals surface area contributed by atoms with Crippen molar-refractivity contribution in [3.8, 4) is 0 Å². The van der Waals surface area contributed by atoms with Gasteiger partial charge in [0.25, 0.3) is 0 Å². The molecule has 1 heterocycles. The van der Waals surface area contributed by atoms with E-state index in [0.29, 0.717) is 0 Å². The van der Waals surface area contributed by atoms with Crippen molar-refractivity contribution in [3.05, 3.63) is 35.4 Å². The average Bonchev–Trinajstić information content (AvgIpc) is 2.64. The quantitative estimate of drug-likeness (QED) is 0.623. The van der Waals surface area contributed by atoms with Crippen LogP contribution in [-0.2, 0) is 6.42 Å². The molecule has 0 spiro atoms. The van der Waals surface area contributed by atoms with Gasteiger partial charge in [-0.25, -0.2) is 0 Å². The van der Waals surface area contributed by atoms with Crippen molar-refractivity contribution in [2.24, 2.45) is 0 Å². The Morgan fingerprint density at radius 1 is 0.917 bits per heavy atom. The van der Waals surface area contributed by atoms with Crippen LogP contribution < -0.4 is 5.32 Å². The van der Waals surface area contributed by atoms with Crippen LogP contribution in [0, 0.1) is 0 Å². The van der Waals surface area contributed by atoms with Crippen LogP contribution in [0.2, 0.25) is 0 Å². The van der Waals surface area contributed by atoms with Crippen LogP contribution in [0.4, 0.5) is 0 Å². The first-order valence-electron chi connectivity index (χ1n) is 4.74. The van der Waals surface area contributed by atoms with E-state index in [1.165, 1.54) is 43.5 Å². The molecule has 0 saturated carbocycles. The van der Waals surface area contributed by atoms with Crippen molar-refractivity contribution in [2.75, 3.05) is 13.1 Å². The Kier molecular flexibility index (Phi) is 2.42. The summed E-state index contributed by atoms with van der Waals surface area (Å²) in [6.07, 6.45) is 4.02. The van der Waals surface area contributed by atoms with E-state index in [9.17, 15) is 0 Å². The van der Waals surface area contributed by atoms with E-state index in [-0.39, 0.29) is 0 Å². The molecule has 3 rings (SSSR count). The molecule has 0 aromatic heterocycles. The van der Waals surface area contributed by atoms with E-state index in [1.807, 2.05) is 0 Å². The van der Waals surface area contributed by atoms with E-state index in [2.05, 4.69) is 29.6 Å². The molecule has 1 aromatic carbocycles. The number of hydrogen-bond donors (Lipinski definition) is 1. The zero-order valence-electron chi connectivity index (χ0n) is 7.34. The van der Waals surface area contributed by atoms with Gasteiger partial charge in [-0.1, -0.05) is 24.3 Å². The highest BCUT2D eigenvalue weighted by Gasteiger charge is 2.12. The van der Waals surface area contributed by atoms with Gasteiger partial charge in [-0.3, -0.25) is 0 Å². The van der Waals surface area contributed by atoms with E-state index in [4.69, 9.17) is 0 Å². The first kappa shape index (κ1) is 7.81. The summed E-state index contributed by atoms with van der Waals surface area (Å²) in [7, 11) is 0. The molecule has 1 saturated heterocycles. The van der Waals surface area contributed by atoms with Gasteiger partial charge in [-0.05, 0) is 43.5 Å². The Morgan fingerprint density at radius 3 is 1.83 bits per heavy atom. The molecule has 0 unspecified atom stereocenters. The van der Waals surface area contributed by atoms with Gasteiger partial charge >= 0.3 is 0 Å². The molecule has 1 N–H and O–H groups in total. The van der Waals surface area contributed by atoms with Crippen molar-refractivity contribution < 1.29 is 0 Å². The van der Waals surface area contributed by atoms with Crippen molar-refractivity contribution in [1.29, 1.82) is 0 Å². The Labute approximate surface area is 73.8 Å². The monoisotopic (exact) mass is 161 g/mol. The molecular weight excluding hydrogens is 146 g/mol. The summed E-state index contributed by atoms with van der Waals surface area (Å²) in [5, 5.41) is 3.22. The summed E-state index contributed by atoms with van der Waals surface area (Å²) in [6, 6.07) is 8.53. The number of benzene rings is 1.